The largest absolute Gasteiger partial charge is 0.299 e. The van der Waals surface area contributed by atoms with Crippen LogP contribution >= 0.6 is 0 Å². The van der Waals surface area contributed by atoms with Crippen molar-refractivity contribution in [3.63, 3.8) is 0 Å². The van der Waals surface area contributed by atoms with Gasteiger partial charge in [-0.2, -0.15) is 0 Å². The minimum absolute atomic E-state index is 0.253. The van der Waals surface area contributed by atoms with E-state index in [1.807, 2.05) is 6.08 Å². The van der Waals surface area contributed by atoms with Crippen LogP contribution in [0.15, 0.2) is 12.7 Å². The van der Waals surface area contributed by atoms with E-state index in [1.54, 1.807) is 0 Å². The maximum Gasteiger partial charge on any atom is 0.136 e. The second kappa shape index (κ2) is 8.98. The summed E-state index contributed by atoms with van der Waals surface area (Å²) in [5, 5.41) is 0. The predicted octanol–water partition coefficient (Wildman–Crippen LogP) is 8.48. The third kappa shape index (κ3) is 4.10. The van der Waals surface area contributed by atoms with Crippen molar-refractivity contribution < 1.29 is 4.79 Å². The predicted molar refractivity (Wildman–Crippen MR) is 132 cm³/mol. The van der Waals surface area contributed by atoms with Gasteiger partial charge in [-0.1, -0.05) is 60.0 Å². The molecule has 0 bridgehead atoms. The number of rotatable bonds is 7. The smallest absolute Gasteiger partial charge is 0.136 e. The first-order valence-electron chi connectivity index (χ1n) is 13.8. The number of hydrogen-bond acceptors (Lipinski definition) is 1. The van der Waals surface area contributed by atoms with Crippen molar-refractivity contribution in [2.75, 3.05) is 0 Å². The Balaban J connectivity index is 1.49. The Morgan fingerprint density at radius 2 is 1.74 bits per heavy atom. The summed E-state index contributed by atoms with van der Waals surface area (Å²) >= 11 is 0. The van der Waals surface area contributed by atoms with Crippen LogP contribution in [-0.2, 0) is 4.79 Å². The molecule has 4 saturated carbocycles. The van der Waals surface area contributed by atoms with Gasteiger partial charge < -0.3 is 0 Å². The number of ketones is 1. The van der Waals surface area contributed by atoms with Crippen molar-refractivity contribution in [3.05, 3.63) is 12.7 Å². The lowest BCUT2D eigenvalue weighted by Crippen LogP contribution is -2.55. The molecular weight excluding hydrogens is 376 g/mol. The molecule has 31 heavy (non-hydrogen) atoms. The summed E-state index contributed by atoms with van der Waals surface area (Å²) in [7, 11) is 0. The van der Waals surface area contributed by atoms with Gasteiger partial charge in [-0.15, -0.1) is 6.58 Å². The Kier molecular flexibility index (Phi) is 6.83. The van der Waals surface area contributed by atoms with E-state index in [1.165, 1.54) is 57.8 Å². The summed E-state index contributed by atoms with van der Waals surface area (Å²) in [6.07, 6.45) is 17.7. The van der Waals surface area contributed by atoms with Gasteiger partial charge in [-0.3, -0.25) is 4.79 Å². The summed E-state index contributed by atoms with van der Waals surface area (Å²) in [6.45, 7) is 16.6. The molecule has 0 unspecified atom stereocenters. The molecule has 0 radical (unpaired) electrons. The van der Waals surface area contributed by atoms with Crippen molar-refractivity contribution in [3.8, 4) is 0 Å². The highest BCUT2D eigenvalue weighted by atomic mass is 16.1. The topological polar surface area (TPSA) is 17.1 Å². The van der Waals surface area contributed by atoms with Crippen LogP contribution in [0.4, 0.5) is 0 Å². The standard InChI is InChI=1S/C30H50O/c1-7-9-22-19-30(6)23(18-28(22)31)12-13-24-26-15-14-25(21(4)11-8-10-20(2)3)29(26,5)17-16-27(24)30/h7,20-27H,1,8-19H2,2-6H3/t21-,22+,23+,24+,25-,26+,27+,29-,30+/m1/s1. The average Bonchev–Trinajstić information content (AvgIpc) is 3.06. The lowest BCUT2D eigenvalue weighted by atomic mass is 9.43. The number of carbonyl (C=O) groups excluding carboxylic acids is 1. The molecule has 0 heterocycles. The number of allylic oxidation sites excluding steroid dienone is 1. The molecule has 1 nitrogen and oxygen atoms in total. The molecule has 9 atom stereocenters. The molecule has 0 aromatic heterocycles. The second-order valence-electron chi connectivity index (χ2n) is 13.3. The Labute approximate surface area is 193 Å². The third-order valence-corrected chi connectivity index (χ3v) is 11.3. The summed E-state index contributed by atoms with van der Waals surface area (Å²) in [6, 6.07) is 0. The second-order valence-corrected chi connectivity index (χ2v) is 13.3. The van der Waals surface area contributed by atoms with Crippen molar-refractivity contribution in [2.45, 2.75) is 112 Å². The third-order valence-electron chi connectivity index (χ3n) is 11.3. The van der Waals surface area contributed by atoms with Crippen molar-refractivity contribution >= 4 is 5.78 Å². The van der Waals surface area contributed by atoms with E-state index in [0.717, 1.165) is 54.8 Å². The Bertz CT molecular complexity index is 663. The Morgan fingerprint density at radius 3 is 2.45 bits per heavy atom. The normalized spacial score (nSPS) is 45.7. The van der Waals surface area contributed by atoms with E-state index in [2.05, 4.69) is 41.2 Å². The fraction of sp³-hybridized carbons (Fsp3) is 0.900. The molecule has 4 rings (SSSR count). The van der Waals surface area contributed by atoms with Crippen molar-refractivity contribution in [1.82, 2.24) is 0 Å². The highest BCUT2D eigenvalue weighted by Gasteiger charge is 2.61. The van der Waals surface area contributed by atoms with Gasteiger partial charge in [0.05, 0.1) is 0 Å². The van der Waals surface area contributed by atoms with Crippen molar-refractivity contribution in [2.24, 2.45) is 58.2 Å². The molecule has 4 aliphatic carbocycles. The molecule has 0 aromatic rings. The fourth-order valence-corrected chi connectivity index (χ4v) is 9.68. The number of Topliss-reactive ketones (excluding diaryl/α,β-unsaturated/α-hetero) is 1. The van der Waals surface area contributed by atoms with Gasteiger partial charge in [0.1, 0.15) is 5.78 Å². The lowest BCUT2D eigenvalue weighted by Gasteiger charge is -2.61. The number of fused-ring (bicyclic) bond motifs is 5. The van der Waals surface area contributed by atoms with E-state index in [-0.39, 0.29) is 5.92 Å². The highest BCUT2D eigenvalue weighted by molar-refractivity contribution is 5.82. The summed E-state index contributed by atoms with van der Waals surface area (Å²) < 4.78 is 0. The maximum atomic E-state index is 12.8. The zero-order valence-electron chi connectivity index (χ0n) is 21.3. The van der Waals surface area contributed by atoms with Gasteiger partial charge in [-0.05, 0) is 104 Å². The number of hydrogen-bond donors (Lipinski definition) is 0. The zero-order valence-corrected chi connectivity index (χ0v) is 21.3. The van der Waals surface area contributed by atoms with Crippen LogP contribution in [0.3, 0.4) is 0 Å². The SMILES string of the molecule is C=CC[C@H]1C[C@@]2(C)[C@@H](CC[C@@H]3[C@@H]2CC[C@]2(C)[C@@H]([C@H](C)CCCC(C)C)CC[C@@H]32)CC1=O. The van der Waals surface area contributed by atoms with Crippen LogP contribution in [0.1, 0.15) is 112 Å². The molecule has 4 fully saturated rings. The van der Waals surface area contributed by atoms with E-state index in [9.17, 15) is 4.79 Å². The van der Waals surface area contributed by atoms with Crippen LogP contribution in [0, 0.1) is 58.2 Å². The summed E-state index contributed by atoms with van der Waals surface area (Å²) in [4.78, 5) is 12.8. The minimum atomic E-state index is 0.253. The van der Waals surface area contributed by atoms with E-state index in [0.29, 0.717) is 22.5 Å². The van der Waals surface area contributed by atoms with Crippen LogP contribution in [0.25, 0.3) is 0 Å². The van der Waals surface area contributed by atoms with Crippen molar-refractivity contribution in [1.29, 1.82) is 0 Å². The van der Waals surface area contributed by atoms with E-state index in [4.69, 9.17) is 0 Å². The summed E-state index contributed by atoms with van der Waals surface area (Å²) in [5.74, 6) is 6.85. The molecule has 0 N–H and O–H groups in total. The first-order chi connectivity index (χ1) is 14.7. The number of carbonyl (C=O) groups is 1. The molecule has 0 amide bonds. The molecule has 0 aromatic carbocycles. The first kappa shape index (κ1) is 23.6. The quantitative estimate of drug-likeness (QED) is 0.373. The molecule has 1 heteroatoms. The van der Waals surface area contributed by atoms with E-state index >= 15 is 0 Å². The monoisotopic (exact) mass is 426 g/mol. The Hall–Kier alpha value is -0.590. The molecule has 176 valence electrons. The molecule has 0 saturated heterocycles. The Morgan fingerprint density at radius 1 is 1.00 bits per heavy atom. The van der Waals surface area contributed by atoms with Gasteiger partial charge in [0.25, 0.3) is 0 Å². The van der Waals surface area contributed by atoms with Gasteiger partial charge in [0.15, 0.2) is 0 Å². The van der Waals surface area contributed by atoms with Gasteiger partial charge in [0.2, 0.25) is 0 Å². The van der Waals surface area contributed by atoms with Gasteiger partial charge in [0, 0.05) is 12.3 Å². The summed E-state index contributed by atoms with van der Waals surface area (Å²) in [5.41, 5.74) is 0.972. The van der Waals surface area contributed by atoms with Crippen LogP contribution in [-0.4, -0.2) is 5.78 Å². The van der Waals surface area contributed by atoms with Gasteiger partial charge >= 0.3 is 0 Å². The molecule has 0 spiro atoms. The first-order valence-corrected chi connectivity index (χ1v) is 13.8. The van der Waals surface area contributed by atoms with Crippen LogP contribution < -0.4 is 0 Å². The molecular formula is C30H50O. The van der Waals surface area contributed by atoms with E-state index < -0.39 is 0 Å². The van der Waals surface area contributed by atoms with Crippen LogP contribution in [0.5, 0.6) is 0 Å². The van der Waals surface area contributed by atoms with Gasteiger partial charge in [-0.25, -0.2) is 0 Å². The minimum Gasteiger partial charge on any atom is -0.299 e. The molecule has 0 aliphatic heterocycles. The average molecular weight is 427 g/mol. The maximum absolute atomic E-state index is 12.8. The molecule has 4 aliphatic rings. The lowest BCUT2D eigenvalue weighted by molar-refractivity contribution is -0.148. The van der Waals surface area contributed by atoms with Crippen LogP contribution in [0.2, 0.25) is 0 Å². The highest BCUT2D eigenvalue weighted by Crippen LogP contribution is 2.68. The zero-order chi connectivity index (χ0) is 22.4. The fourth-order valence-electron chi connectivity index (χ4n) is 9.68.